The van der Waals surface area contributed by atoms with Crippen molar-refractivity contribution in [3.63, 3.8) is 0 Å². The molecule has 1 aromatic rings. The van der Waals surface area contributed by atoms with Gasteiger partial charge in [0.25, 0.3) is 0 Å². The Labute approximate surface area is 191 Å². The molecule has 3 heterocycles. The van der Waals surface area contributed by atoms with Gasteiger partial charge in [0.05, 0.1) is 5.02 Å². The van der Waals surface area contributed by atoms with Gasteiger partial charge in [0, 0.05) is 45.5 Å². The average molecular weight is 521 g/mol. The van der Waals surface area contributed by atoms with Crippen LogP contribution < -0.4 is 15.5 Å². The van der Waals surface area contributed by atoms with Gasteiger partial charge in [-0.05, 0) is 56.8 Å². The third-order valence-corrected chi connectivity index (χ3v) is 5.77. The highest BCUT2D eigenvalue weighted by atomic mass is 127. The van der Waals surface area contributed by atoms with Gasteiger partial charge in [-0.3, -0.25) is 4.99 Å². The molecule has 0 spiro atoms. The van der Waals surface area contributed by atoms with Crippen molar-refractivity contribution < 1.29 is 0 Å². The number of aliphatic imine (C=N–C) groups is 1. The molecule has 1 aromatic heterocycles. The molecule has 0 amide bonds. The highest BCUT2D eigenvalue weighted by Gasteiger charge is 2.25. The van der Waals surface area contributed by atoms with Crippen LogP contribution in [0.5, 0.6) is 0 Å². The van der Waals surface area contributed by atoms with E-state index in [9.17, 15) is 0 Å². The lowest BCUT2D eigenvalue weighted by atomic mass is 10.0. The molecule has 158 valence electrons. The first-order valence-electron chi connectivity index (χ1n) is 10.2. The van der Waals surface area contributed by atoms with E-state index in [4.69, 9.17) is 11.6 Å². The Morgan fingerprint density at radius 3 is 2.93 bits per heavy atom. The number of rotatable bonds is 6. The van der Waals surface area contributed by atoms with Crippen molar-refractivity contribution in [3.8, 4) is 0 Å². The lowest BCUT2D eigenvalue weighted by molar-refractivity contribution is 0.182. The average Bonchev–Trinajstić information content (AvgIpc) is 3.13. The van der Waals surface area contributed by atoms with Crippen molar-refractivity contribution >= 4 is 47.4 Å². The molecule has 2 saturated heterocycles. The summed E-state index contributed by atoms with van der Waals surface area (Å²) in [5.41, 5.74) is 0. The zero-order chi connectivity index (χ0) is 19.1. The summed E-state index contributed by atoms with van der Waals surface area (Å²) in [5, 5.41) is 7.72. The van der Waals surface area contributed by atoms with Crippen LogP contribution in [0.15, 0.2) is 23.3 Å². The van der Waals surface area contributed by atoms with Crippen LogP contribution >= 0.6 is 35.6 Å². The van der Waals surface area contributed by atoms with E-state index in [1.54, 1.807) is 6.20 Å². The zero-order valence-electron chi connectivity index (χ0n) is 17.0. The van der Waals surface area contributed by atoms with Crippen LogP contribution in [-0.4, -0.2) is 68.2 Å². The standard InChI is InChI=1S/C20H33ClN6.HI/c1-16-6-4-11-26(14-16)12-5-10-24-20(22-2)25-17-8-13-27(15-17)19-18(21)7-3-9-23-19;/h3,7,9,16-17H,4-6,8,10-15H2,1-2H3,(H2,22,24,25);1H. The molecule has 0 saturated carbocycles. The third kappa shape index (κ3) is 6.91. The number of piperidine rings is 1. The fourth-order valence-electron chi connectivity index (χ4n) is 4.07. The summed E-state index contributed by atoms with van der Waals surface area (Å²) in [4.78, 5) is 13.6. The first kappa shape index (κ1) is 23.5. The summed E-state index contributed by atoms with van der Waals surface area (Å²) in [6, 6.07) is 4.12. The van der Waals surface area contributed by atoms with Gasteiger partial charge in [-0.25, -0.2) is 4.98 Å². The minimum atomic E-state index is 0. The second-order valence-corrected chi connectivity index (χ2v) is 8.19. The molecular formula is C20H34ClIN6. The second kappa shape index (κ2) is 12.0. The topological polar surface area (TPSA) is 55.8 Å². The molecular weight excluding hydrogens is 487 g/mol. The van der Waals surface area contributed by atoms with Gasteiger partial charge < -0.3 is 20.4 Å². The lowest BCUT2D eigenvalue weighted by Crippen LogP contribution is -2.45. The van der Waals surface area contributed by atoms with Crippen LogP contribution in [0.3, 0.4) is 0 Å². The summed E-state index contributed by atoms with van der Waals surface area (Å²) < 4.78 is 0. The number of anilines is 1. The smallest absolute Gasteiger partial charge is 0.191 e. The molecule has 2 unspecified atom stereocenters. The molecule has 0 bridgehead atoms. The van der Waals surface area contributed by atoms with Crippen LogP contribution in [0.4, 0.5) is 5.82 Å². The van der Waals surface area contributed by atoms with Gasteiger partial charge in [0.15, 0.2) is 5.96 Å². The number of guanidine groups is 1. The minimum absolute atomic E-state index is 0. The molecule has 0 aromatic carbocycles. The number of nitrogens with one attached hydrogen (secondary N) is 2. The minimum Gasteiger partial charge on any atom is -0.356 e. The predicted octanol–water partition coefficient (Wildman–Crippen LogP) is 3.22. The summed E-state index contributed by atoms with van der Waals surface area (Å²) in [5.74, 6) is 2.61. The number of nitrogens with zero attached hydrogens (tertiary/aromatic N) is 4. The number of halogens is 2. The Hall–Kier alpha value is -0.800. The highest BCUT2D eigenvalue weighted by Crippen LogP contribution is 2.25. The van der Waals surface area contributed by atoms with E-state index in [0.29, 0.717) is 11.1 Å². The molecule has 2 aliphatic rings. The molecule has 0 aliphatic carbocycles. The Bertz CT molecular complexity index is 628. The van der Waals surface area contributed by atoms with Crippen molar-refractivity contribution in [1.29, 1.82) is 0 Å². The van der Waals surface area contributed by atoms with Crippen molar-refractivity contribution in [2.24, 2.45) is 10.9 Å². The van der Waals surface area contributed by atoms with E-state index in [0.717, 1.165) is 50.2 Å². The van der Waals surface area contributed by atoms with Gasteiger partial charge in [-0.1, -0.05) is 18.5 Å². The van der Waals surface area contributed by atoms with E-state index in [1.165, 1.54) is 32.5 Å². The van der Waals surface area contributed by atoms with Gasteiger partial charge in [-0.2, -0.15) is 0 Å². The van der Waals surface area contributed by atoms with Crippen LogP contribution in [-0.2, 0) is 0 Å². The van der Waals surface area contributed by atoms with Crippen LogP contribution in [0, 0.1) is 5.92 Å². The largest absolute Gasteiger partial charge is 0.356 e. The van der Waals surface area contributed by atoms with E-state index >= 15 is 0 Å². The number of hydrogen-bond acceptors (Lipinski definition) is 4. The fraction of sp³-hybridized carbons (Fsp3) is 0.700. The van der Waals surface area contributed by atoms with E-state index in [-0.39, 0.29) is 24.0 Å². The zero-order valence-corrected chi connectivity index (χ0v) is 20.1. The van der Waals surface area contributed by atoms with Crippen LogP contribution in [0.2, 0.25) is 5.02 Å². The van der Waals surface area contributed by atoms with E-state index in [2.05, 4.69) is 37.3 Å². The van der Waals surface area contributed by atoms with Crippen LogP contribution in [0.1, 0.15) is 32.6 Å². The normalized spacial score (nSPS) is 23.4. The second-order valence-electron chi connectivity index (χ2n) is 7.79. The first-order valence-corrected chi connectivity index (χ1v) is 10.6. The van der Waals surface area contributed by atoms with Gasteiger partial charge in [-0.15, -0.1) is 24.0 Å². The number of aromatic nitrogens is 1. The molecule has 2 aliphatic heterocycles. The SMILES string of the molecule is CN=C(NCCCN1CCCC(C)C1)NC1CCN(c2ncccc2Cl)C1.I. The van der Waals surface area contributed by atoms with Gasteiger partial charge >= 0.3 is 0 Å². The maximum absolute atomic E-state index is 6.28. The first-order chi connectivity index (χ1) is 13.2. The fourth-order valence-corrected chi connectivity index (χ4v) is 4.31. The molecule has 3 rings (SSSR count). The summed E-state index contributed by atoms with van der Waals surface area (Å²) in [6.07, 6.45) is 6.72. The van der Waals surface area contributed by atoms with E-state index < -0.39 is 0 Å². The Balaban J connectivity index is 0.00000280. The van der Waals surface area contributed by atoms with Gasteiger partial charge in [0.2, 0.25) is 0 Å². The van der Waals surface area contributed by atoms with Crippen molar-refractivity contribution in [1.82, 2.24) is 20.5 Å². The number of pyridine rings is 1. The number of hydrogen-bond donors (Lipinski definition) is 2. The highest BCUT2D eigenvalue weighted by molar-refractivity contribution is 14.0. The predicted molar refractivity (Wildman–Crippen MR) is 129 cm³/mol. The maximum atomic E-state index is 6.28. The van der Waals surface area contributed by atoms with E-state index in [1.807, 2.05) is 19.2 Å². The molecule has 2 N–H and O–H groups in total. The van der Waals surface area contributed by atoms with Crippen molar-refractivity contribution in [2.75, 3.05) is 51.2 Å². The summed E-state index contributed by atoms with van der Waals surface area (Å²) in [6.45, 7) is 8.84. The Kier molecular flexibility index (Phi) is 10.1. The molecule has 6 nitrogen and oxygen atoms in total. The number of likely N-dealkylation sites (tertiary alicyclic amines) is 1. The maximum Gasteiger partial charge on any atom is 0.191 e. The van der Waals surface area contributed by atoms with Gasteiger partial charge in [0.1, 0.15) is 5.82 Å². The monoisotopic (exact) mass is 520 g/mol. The Morgan fingerprint density at radius 2 is 2.18 bits per heavy atom. The molecule has 8 heteroatoms. The molecule has 2 atom stereocenters. The molecule has 28 heavy (non-hydrogen) atoms. The lowest BCUT2D eigenvalue weighted by Gasteiger charge is -2.30. The summed E-state index contributed by atoms with van der Waals surface area (Å²) >= 11 is 6.28. The van der Waals surface area contributed by atoms with Crippen LogP contribution in [0.25, 0.3) is 0 Å². The quantitative estimate of drug-likeness (QED) is 0.261. The van der Waals surface area contributed by atoms with Crippen molar-refractivity contribution in [3.05, 3.63) is 23.4 Å². The third-order valence-electron chi connectivity index (χ3n) is 5.48. The molecule has 2 fully saturated rings. The van der Waals surface area contributed by atoms with Crippen molar-refractivity contribution in [2.45, 2.75) is 38.6 Å². The summed E-state index contributed by atoms with van der Waals surface area (Å²) in [7, 11) is 1.84. The Morgan fingerprint density at radius 1 is 1.32 bits per heavy atom. The molecule has 0 radical (unpaired) electrons.